The molecule has 6 heteroatoms. The molecule has 0 radical (unpaired) electrons. The molecular formula is C16H17NO3S2. The van der Waals surface area contributed by atoms with E-state index in [2.05, 4.69) is 5.32 Å². The van der Waals surface area contributed by atoms with Crippen molar-refractivity contribution in [2.45, 2.75) is 24.5 Å². The van der Waals surface area contributed by atoms with Crippen LogP contribution in [0, 0.1) is 0 Å². The Morgan fingerprint density at radius 1 is 1.27 bits per heavy atom. The van der Waals surface area contributed by atoms with E-state index < -0.39 is 12.1 Å². The fraction of sp³-hybridized carbons (Fsp3) is 0.250. The molecule has 2 rings (SSSR count). The fourth-order valence-electron chi connectivity index (χ4n) is 1.82. The molecule has 0 aliphatic heterocycles. The summed E-state index contributed by atoms with van der Waals surface area (Å²) in [5.74, 6) is -0.785. The smallest absolute Gasteiger partial charge is 0.340 e. The molecule has 0 saturated carbocycles. The molecule has 1 N–H and O–H groups in total. The van der Waals surface area contributed by atoms with Crippen LogP contribution in [0.4, 0.5) is 0 Å². The molecule has 4 nitrogen and oxygen atoms in total. The van der Waals surface area contributed by atoms with Crippen LogP contribution in [0.25, 0.3) is 0 Å². The minimum atomic E-state index is -0.831. The topological polar surface area (TPSA) is 55.4 Å². The van der Waals surface area contributed by atoms with E-state index >= 15 is 0 Å². The number of hydrogen-bond acceptors (Lipinski definition) is 5. The average molecular weight is 335 g/mol. The highest BCUT2D eigenvalue weighted by molar-refractivity contribution is 7.98. The first-order valence-electron chi connectivity index (χ1n) is 6.76. The Bertz CT molecular complexity index is 641. The minimum absolute atomic E-state index is 0.302. The number of carbonyl (C=O) groups is 2. The number of esters is 1. The largest absolute Gasteiger partial charge is 0.449 e. The van der Waals surface area contributed by atoms with E-state index in [9.17, 15) is 9.59 Å². The highest BCUT2D eigenvalue weighted by Crippen LogP contribution is 2.21. The molecule has 1 aromatic carbocycles. The summed E-state index contributed by atoms with van der Waals surface area (Å²) >= 11 is 3.03. The summed E-state index contributed by atoms with van der Waals surface area (Å²) < 4.78 is 5.25. The number of amides is 1. The van der Waals surface area contributed by atoms with E-state index in [1.54, 1.807) is 30.4 Å². The first kappa shape index (κ1) is 16.6. The van der Waals surface area contributed by atoms with Gasteiger partial charge in [-0.3, -0.25) is 4.79 Å². The second-order valence-corrected chi connectivity index (χ2v) is 6.43. The molecule has 1 amide bonds. The maximum atomic E-state index is 12.2. The first-order valence-corrected chi connectivity index (χ1v) is 8.86. The van der Waals surface area contributed by atoms with E-state index in [0.29, 0.717) is 12.1 Å². The molecule has 0 spiro atoms. The molecule has 1 heterocycles. The van der Waals surface area contributed by atoms with Crippen molar-refractivity contribution in [2.24, 2.45) is 0 Å². The van der Waals surface area contributed by atoms with Gasteiger partial charge in [0.25, 0.3) is 5.91 Å². The van der Waals surface area contributed by atoms with Crippen molar-refractivity contribution >= 4 is 35.0 Å². The maximum Gasteiger partial charge on any atom is 0.340 e. The molecule has 1 aromatic heterocycles. The van der Waals surface area contributed by atoms with Gasteiger partial charge in [0.15, 0.2) is 6.10 Å². The lowest BCUT2D eigenvalue weighted by atomic mass is 10.2. The zero-order valence-electron chi connectivity index (χ0n) is 12.4. The van der Waals surface area contributed by atoms with Crippen LogP contribution in [0.1, 0.15) is 22.2 Å². The van der Waals surface area contributed by atoms with Gasteiger partial charge < -0.3 is 10.1 Å². The molecule has 0 saturated heterocycles. The lowest BCUT2D eigenvalue weighted by molar-refractivity contribution is -0.129. The van der Waals surface area contributed by atoms with Crippen LogP contribution in [0.3, 0.4) is 0 Å². The Morgan fingerprint density at radius 3 is 2.73 bits per heavy atom. The lowest BCUT2D eigenvalue weighted by Gasteiger charge is -2.14. The quantitative estimate of drug-likeness (QED) is 0.650. The van der Waals surface area contributed by atoms with Gasteiger partial charge in [-0.25, -0.2) is 4.79 Å². The monoisotopic (exact) mass is 335 g/mol. The summed E-state index contributed by atoms with van der Waals surface area (Å²) in [6.07, 6.45) is 1.06. The summed E-state index contributed by atoms with van der Waals surface area (Å²) in [6, 6.07) is 11.1. The molecule has 22 heavy (non-hydrogen) atoms. The second-order valence-electron chi connectivity index (χ2n) is 4.54. The van der Waals surface area contributed by atoms with Crippen molar-refractivity contribution in [2.75, 3.05) is 6.26 Å². The zero-order chi connectivity index (χ0) is 15.9. The predicted octanol–water partition coefficient (Wildman–Crippen LogP) is 3.33. The highest BCUT2D eigenvalue weighted by Gasteiger charge is 2.20. The molecule has 2 aromatic rings. The van der Waals surface area contributed by atoms with Gasteiger partial charge in [0.1, 0.15) is 0 Å². The molecule has 1 atom stereocenters. The Balaban J connectivity index is 1.91. The zero-order valence-corrected chi connectivity index (χ0v) is 14.0. The van der Waals surface area contributed by atoms with Gasteiger partial charge in [0.2, 0.25) is 0 Å². The van der Waals surface area contributed by atoms with E-state index in [-0.39, 0.29) is 5.91 Å². The predicted molar refractivity (Wildman–Crippen MR) is 89.3 cm³/mol. The number of carbonyl (C=O) groups excluding carboxylic acids is 2. The van der Waals surface area contributed by atoms with E-state index in [0.717, 1.165) is 9.77 Å². The Labute approximate surface area is 137 Å². The van der Waals surface area contributed by atoms with Crippen molar-refractivity contribution in [1.29, 1.82) is 0 Å². The van der Waals surface area contributed by atoms with Crippen LogP contribution < -0.4 is 5.32 Å². The molecule has 0 bridgehead atoms. The number of thioether (sulfide) groups is 1. The van der Waals surface area contributed by atoms with Gasteiger partial charge in [-0.15, -0.1) is 23.1 Å². The normalized spacial score (nSPS) is 11.7. The SMILES string of the molecule is CSc1ccccc1C(=O)O[C@H](C)C(=O)NCc1cccs1. The van der Waals surface area contributed by atoms with Gasteiger partial charge in [0, 0.05) is 9.77 Å². The minimum Gasteiger partial charge on any atom is -0.449 e. The molecule has 0 fully saturated rings. The maximum absolute atomic E-state index is 12.2. The van der Waals surface area contributed by atoms with Gasteiger partial charge in [-0.2, -0.15) is 0 Å². The fourth-order valence-corrected chi connectivity index (χ4v) is 3.05. The molecule has 0 aliphatic rings. The number of nitrogens with one attached hydrogen (secondary N) is 1. The van der Waals surface area contributed by atoms with Gasteiger partial charge in [-0.05, 0) is 36.8 Å². The summed E-state index contributed by atoms with van der Waals surface area (Å²) in [5.41, 5.74) is 0.480. The summed E-state index contributed by atoms with van der Waals surface area (Å²) in [7, 11) is 0. The Hall–Kier alpha value is -1.79. The first-order chi connectivity index (χ1) is 10.6. The number of rotatable bonds is 6. The van der Waals surface area contributed by atoms with Crippen LogP contribution in [-0.2, 0) is 16.1 Å². The lowest BCUT2D eigenvalue weighted by Crippen LogP contribution is -2.35. The van der Waals surface area contributed by atoms with Crippen molar-refractivity contribution in [1.82, 2.24) is 5.32 Å². The van der Waals surface area contributed by atoms with E-state index in [1.807, 2.05) is 35.9 Å². The van der Waals surface area contributed by atoms with Crippen LogP contribution in [0.5, 0.6) is 0 Å². The van der Waals surface area contributed by atoms with Crippen molar-refractivity contribution in [3.05, 3.63) is 52.2 Å². The number of thiophene rings is 1. The average Bonchev–Trinajstić information content (AvgIpc) is 3.05. The Kier molecular flexibility index (Phi) is 6.03. The van der Waals surface area contributed by atoms with Crippen LogP contribution >= 0.6 is 23.1 Å². The molecule has 116 valence electrons. The summed E-state index contributed by atoms with van der Waals surface area (Å²) in [6.45, 7) is 2.02. The third-order valence-electron chi connectivity index (χ3n) is 3.00. The third kappa shape index (κ3) is 4.35. The van der Waals surface area contributed by atoms with E-state index in [1.165, 1.54) is 11.8 Å². The van der Waals surface area contributed by atoms with Crippen molar-refractivity contribution in [3.8, 4) is 0 Å². The number of hydrogen-bond donors (Lipinski definition) is 1. The van der Waals surface area contributed by atoms with Crippen LogP contribution in [0.15, 0.2) is 46.7 Å². The van der Waals surface area contributed by atoms with Gasteiger partial charge in [0.05, 0.1) is 12.1 Å². The number of benzene rings is 1. The highest BCUT2D eigenvalue weighted by atomic mass is 32.2. The molecule has 0 unspecified atom stereocenters. The van der Waals surface area contributed by atoms with Crippen LogP contribution in [-0.4, -0.2) is 24.2 Å². The van der Waals surface area contributed by atoms with Gasteiger partial charge in [-0.1, -0.05) is 18.2 Å². The van der Waals surface area contributed by atoms with Crippen molar-refractivity contribution in [3.63, 3.8) is 0 Å². The third-order valence-corrected chi connectivity index (χ3v) is 4.67. The Morgan fingerprint density at radius 2 is 2.05 bits per heavy atom. The van der Waals surface area contributed by atoms with Crippen LogP contribution in [0.2, 0.25) is 0 Å². The van der Waals surface area contributed by atoms with Crippen molar-refractivity contribution < 1.29 is 14.3 Å². The molecular weight excluding hydrogens is 318 g/mol. The standard InChI is InChI=1S/C16H17NO3S2/c1-11(15(18)17-10-12-6-5-9-22-12)20-16(19)13-7-3-4-8-14(13)21-2/h3-9,11H,10H2,1-2H3,(H,17,18)/t11-/m1/s1. The summed E-state index contributed by atoms with van der Waals surface area (Å²) in [4.78, 5) is 26.0. The second kappa shape index (κ2) is 8.00. The molecule has 0 aliphatic carbocycles. The van der Waals surface area contributed by atoms with E-state index in [4.69, 9.17) is 4.74 Å². The summed E-state index contributed by atoms with van der Waals surface area (Å²) in [5, 5.41) is 4.71. The van der Waals surface area contributed by atoms with Gasteiger partial charge >= 0.3 is 5.97 Å². The number of ether oxygens (including phenoxy) is 1.